The summed E-state index contributed by atoms with van der Waals surface area (Å²) in [6.45, 7) is 1.20. The summed E-state index contributed by atoms with van der Waals surface area (Å²) < 4.78 is 2.37. The van der Waals surface area contributed by atoms with Gasteiger partial charge in [0.1, 0.15) is 5.82 Å². The number of nitrogens with zero attached hydrogens (tertiary/aromatic N) is 2. The Bertz CT molecular complexity index is 286. The molecule has 0 atom stereocenters. The maximum absolute atomic E-state index is 4.74. The summed E-state index contributed by atoms with van der Waals surface area (Å²) in [6, 6.07) is 0. The SMILES string of the molecule is c1c(C2CCC2)nc2n1CCCC2. The molecule has 13 heavy (non-hydrogen) atoms. The van der Waals surface area contributed by atoms with Crippen molar-refractivity contribution in [3.8, 4) is 0 Å². The minimum absolute atomic E-state index is 0.804. The van der Waals surface area contributed by atoms with Crippen LogP contribution in [0.2, 0.25) is 0 Å². The molecule has 0 aromatic carbocycles. The van der Waals surface area contributed by atoms with E-state index in [0.717, 1.165) is 5.92 Å². The van der Waals surface area contributed by atoms with Gasteiger partial charge in [-0.1, -0.05) is 6.42 Å². The Kier molecular flexibility index (Phi) is 1.67. The second kappa shape index (κ2) is 2.86. The minimum atomic E-state index is 0.804. The van der Waals surface area contributed by atoms with E-state index in [4.69, 9.17) is 4.98 Å². The van der Waals surface area contributed by atoms with Crippen LogP contribution in [0.4, 0.5) is 0 Å². The third-order valence-electron chi connectivity index (χ3n) is 3.45. The van der Waals surface area contributed by atoms with Gasteiger partial charge in [0, 0.05) is 25.1 Å². The third kappa shape index (κ3) is 1.19. The van der Waals surface area contributed by atoms with Crippen molar-refractivity contribution in [2.24, 2.45) is 0 Å². The second-order valence-electron chi connectivity index (χ2n) is 4.36. The smallest absolute Gasteiger partial charge is 0.108 e. The first-order valence-electron chi connectivity index (χ1n) is 5.49. The van der Waals surface area contributed by atoms with Crippen LogP contribution in [0.5, 0.6) is 0 Å². The van der Waals surface area contributed by atoms with Crippen LogP contribution < -0.4 is 0 Å². The van der Waals surface area contributed by atoms with Crippen LogP contribution in [0.3, 0.4) is 0 Å². The van der Waals surface area contributed by atoms with Crippen LogP contribution in [0.25, 0.3) is 0 Å². The van der Waals surface area contributed by atoms with Crippen molar-refractivity contribution in [3.05, 3.63) is 17.7 Å². The van der Waals surface area contributed by atoms with Crippen LogP contribution in [0.1, 0.15) is 49.5 Å². The molecule has 1 aromatic heterocycles. The lowest BCUT2D eigenvalue weighted by Gasteiger charge is -2.22. The average Bonchev–Trinajstić information content (AvgIpc) is 2.43. The fraction of sp³-hybridized carbons (Fsp3) is 0.727. The summed E-state index contributed by atoms with van der Waals surface area (Å²) in [7, 11) is 0. The van der Waals surface area contributed by atoms with Gasteiger partial charge in [-0.3, -0.25) is 0 Å². The number of hydrogen-bond donors (Lipinski definition) is 0. The number of aromatic nitrogens is 2. The van der Waals surface area contributed by atoms with Crippen molar-refractivity contribution >= 4 is 0 Å². The van der Waals surface area contributed by atoms with E-state index in [9.17, 15) is 0 Å². The molecule has 1 aliphatic heterocycles. The van der Waals surface area contributed by atoms with Crippen LogP contribution in [-0.4, -0.2) is 9.55 Å². The highest BCUT2D eigenvalue weighted by molar-refractivity contribution is 5.13. The molecule has 2 nitrogen and oxygen atoms in total. The molecule has 0 spiro atoms. The molecule has 1 aliphatic carbocycles. The summed E-state index contributed by atoms with van der Waals surface area (Å²) in [5.41, 5.74) is 1.38. The molecule has 1 fully saturated rings. The van der Waals surface area contributed by atoms with Gasteiger partial charge in [-0.05, 0) is 25.7 Å². The maximum atomic E-state index is 4.74. The molecule has 0 radical (unpaired) electrons. The second-order valence-corrected chi connectivity index (χ2v) is 4.36. The fourth-order valence-corrected chi connectivity index (χ4v) is 2.34. The van der Waals surface area contributed by atoms with E-state index < -0.39 is 0 Å². The van der Waals surface area contributed by atoms with Gasteiger partial charge >= 0.3 is 0 Å². The largest absolute Gasteiger partial charge is 0.335 e. The number of hydrogen-bond acceptors (Lipinski definition) is 1. The number of imidazole rings is 1. The van der Waals surface area contributed by atoms with Gasteiger partial charge in [0.15, 0.2) is 0 Å². The Morgan fingerprint density at radius 3 is 2.85 bits per heavy atom. The fourth-order valence-electron chi connectivity index (χ4n) is 2.34. The predicted molar refractivity (Wildman–Crippen MR) is 51.8 cm³/mol. The molecule has 2 heterocycles. The molecule has 3 rings (SSSR count). The normalized spacial score (nSPS) is 22.5. The lowest BCUT2D eigenvalue weighted by atomic mass is 9.83. The molecular formula is C11H16N2. The Morgan fingerprint density at radius 1 is 1.23 bits per heavy atom. The highest BCUT2D eigenvalue weighted by Gasteiger charge is 2.23. The summed E-state index contributed by atoms with van der Waals surface area (Å²) in [5.74, 6) is 2.14. The van der Waals surface area contributed by atoms with Crippen LogP contribution in [-0.2, 0) is 13.0 Å². The quantitative estimate of drug-likeness (QED) is 0.642. The lowest BCUT2D eigenvalue weighted by molar-refractivity contribution is 0.412. The van der Waals surface area contributed by atoms with Gasteiger partial charge in [-0.25, -0.2) is 4.98 Å². The number of rotatable bonds is 1. The zero-order valence-electron chi connectivity index (χ0n) is 8.00. The highest BCUT2D eigenvalue weighted by Crippen LogP contribution is 2.36. The van der Waals surface area contributed by atoms with Crippen molar-refractivity contribution < 1.29 is 0 Å². The standard InChI is InChI=1S/C11H16N2/c1-2-7-13-8-10(9-4-3-5-9)12-11(13)6-1/h8-9H,1-7H2. The highest BCUT2D eigenvalue weighted by atomic mass is 15.1. The molecule has 0 bridgehead atoms. The van der Waals surface area contributed by atoms with Crippen molar-refractivity contribution in [1.29, 1.82) is 0 Å². The van der Waals surface area contributed by atoms with Crippen molar-refractivity contribution in [3.63, 3.8) is 0 Å². The van der Waals surface area contributed by atoms with Crippen molar-refractivity contribution in [2.75, 3.05) is 0 Å². The van der Waals surface area contributed by atoms with Gasteiger partial charge in [0.05, 0.1) is 5.69 Å². The molecule has 1 aromatic rings. The van der Waals surface area contributed by atoms with E-state index in [2.05, 4.69) is 10.8 Å². The molecule has 2 heteroatoms. The van der Waals surface area contributed by atoms with Crippen LogP contribution in [0, 0.1) is 0 Å². The third-order valence-corrected chi connectivity index (χ3v) is 3.45. The lowest BCUT2D eigenvalue weighted by Crippen LogP contribution is -2.09. The molecule has 2 aliphatic rings. The van der Waals surface area contributed by atoms with E-state index >= 15 is 0 Å². The summed E-state index contributed by atoms with van der Waals surface area (Å²) in [4.78, 5) is 4.74. The van der Waals surface area contributed by atoms with Gasteiger partial charge < -0.3 is 4.57 Å². The zero-order chi connectivity index (χ0) is 8.67. The van der Waals surface area contributed by atoms with Crippen LogP contribution in [0.15, 0.2) is 6.20 Å². The monoisotopic (exact) mass is 176 g/mol. The summed E-state index contributed by atoms with van der Waals surface area (Å²) >= 11 is 0. The van der Waals surface area contributed by atoms with Gasteiger partial charge in [-0.15, -0.1) is 0 Å². The molecule has 1 saturated carbocycles. The van der Waals surface area contributed by atoms with E-state index in [0.29, 0.717) is 0 Å². The van der Waals surface area contributed by atoms with Gasteiger partial charge in [0.2, 0.25) is 0 Å². The molecule has 0 N–H and O–H groups in total. The Labute approximate surface area is 79.0 Å². The van der Waals surface area contributed by atoms with Gasteiger partial charge in [-0.2, -0.15) is 0 Å². The number of fused-ring (bicyclic) bond motifs is 1. The first-order valence-corrected chi connectivity index (χ1v) is 5.49. The van der Waals surface area contributed by atoms with E-state index in [-0.39, 0.29) is 0 Å². The van der Waals surface area contributed by atoms with Crippen molar-refractivity contribution in [1.82, 2.24) is 9.55 Å². The molecule has 70 valence electrons. The maximum Gasteiger partial charge on any atom is 0.108 e. The average molecular weight is 176 g/mol. The topological polar surface area (TPSA) is 17.8 Å². The summed E-state index contributed by atoms with van der Waals surface area (Å²) in [6.07, 6.45) is 10.3. The summed E-state index contributed by atoms with van der Waals surface area (Å²) in [5, 5.41) is 0. The Balaban J connectivity index is 1.90. The first kappa shape index (κ1) is 7.60. The van der Waals surface area contributed by atoms with Crippen molar-refractivity contribution in [2.45, 2.75) is 51.0 Å². The molecule has 0 unspecified atom stereocenters. The zero-order valence-corrected chi connectivity index (χ0v) is 8.00. The number of aryl methyl sites for hydroxylation is 2. The Morgan fingerprint density at radius 2 is 2.15 bits per heavy atom. The van der Waals surface area contributed by atoms with E-state index in [1.807, 2.05) is 0 Å². The first-order chi connectivity index (χ1) is 6.43. The van der Waals surface area contributed by atoms with Gasteiger partial charge in [0.25, 0.3) is 0 Å². The van der Waals surface area contributed by atoms with Crippen LogP contribution >= 0.6 is 0 Å². The molecule has 0 amide bonds. The minimum Gasteiger partial charge on any atom is -0.335 e. The van der Waals surface area contributed by atoms with E-state index in [1.54, 1.807) is 0 Å². The Hall–Kier alpha value is -0.790. The molecular weight excluding hydrogens is 160 g/mol. The molecule has 0 saturated heterocycles. The van der Waals surface area contributed by atoms with E-state index in [1.165, 1.54) is 56.6 Å². The predicted octanol–water partition coefficient (Wildman–Crippen LogP) is 2.49.